The quantitative estimate of drug-likeness (QED) is 0.688. The Hall–Kier alpha value is -1.59. The molecule has 0 bridgehead atoms. The van der Waals surface area contributed by atoms with Gasteiger partial charge in [-0.05, 0) is 35.6 Å². The third-order valence-electron chi connectivity index (χ3n) is 2.24. The summed E-state index contributed by atoms with van der Waals surface area (Å²) in [5, 5.41) is 10.9. The molecule has 0 aliphatic heterocycles. The molecule has 0 fully saturated rings. The maximum Gasteiger partial charge on any atom is 0.0994 e. The van der Waals surface area contributed by atoms with Crippen molar-refractivity contribution in [3.63, 3.8) is 0 Å². The maximum absolute atomic E-state index is 8.89. The summed E-state index contributed by atoms with van der Waals surface area (Å²) >= 11 is 1.70. The number of hydrogen-bond donors (Lipinski definition) is 0. The van der Waals surface area contributed by atoms with E-state index in [2.05, 4.69) is 18.2 Å². The summed E-state index contributed by atoms with van der Waals surface area (Å²) < 4.78 is 0. The normalized spacial score (nSPS) is 9.71. The first-order valence-corrected chi connectivity index (χ1v) is 5.24. The number of hydrogen-bond acceptors (Lipinski definition) is 2. The Balaban J connectivity index is 2.61. The third kappa shape index (κ3) is 1.43. The summed E-state index contributed by atoms with van der Waals surface area (Å²) in [6, 6.07) is 12.1. The predicted octanol–water partition coefficient (Wildman–Crippen LogP) is 3.60. The molecule has 68 valence electrons. The summed E-state index contributed by atoms with van der Waals surface area (Å²) in [7, 11) is 0. The molecule has 0 amide bonds. The van der Waals surface area contributed by atoms with E-state index in [4.69, 9.17) is 5.26 Å². The summed E-state index contributed by atoms with van der Waals surface area (Å²) in [6.07, 6.45) is 0. The minimum absolute atomic E-state index is 0.760. The van der Waals surface area contributed by atoms with Gasteiger partial charge in [0.05, 0.1) is 11.6 Å². The molecule has 1 aromatic heterocycles. The number of thiophene rings is 1. The van der Waals surface area contributed by atoms with Gasteiger partial charge in [-0.1, -0.05) is 18.2 Å². The van der Waals surface area contributed by atoms with E-state index in [1.54, 1.807) is 11.3 Å². The molecule has 0 radical (unpaired) electrons. The lowest BCUT2D eigenvalue weighted by Crippen LogP contribution is -1.85. The zero-order valence-corrected chi connectivity index (χ0v) is 8.64. The second-order valence-corrected chi connectivity index (χ2v) is 4.01. The lowest BCUT2D eigenvalue weighted by molar-refractivity contribution is 1.40. The second kappa shape index (κ2) is 3.65. The molecular formula is C12H9NS. The Morgan fingerprint density at radius 3 is 2.71 bits per heavy atom. The van der Waals surface area contributed by atoms with E-state index in [-0.39, 0.29) is 0 Å². The van der Waals surface area contributed by atoms with Crippen molar-refractivity contribution in [2.24, 2.45) is 0 Å². The van der Waals surface area contributed by atoms with Crippen LogP contribution in [-0.4, -0.2) is 0 Å². The average Bonchev–Trinajstić information content (AvgIpc) is 2.71. The van der Waals surface area contributed by atoms with Gasteiger partial charge < -0.3 is 0 Å². The Bertz CT molecular complexity index is 478. The number of benzene rings is 1. The van der Waals surface area contributed by atoms with Gasteiger partial charge >= 0.3 is 0 Å². The van der Waals surface area contributed by atoms with E-state index in [0.717, 1.165) is 11.1 Å². The monoisotopic (exact) mass is 199 g/mol. The van der Waals surface area contributed by atoms with E-state index in [1.165, 1.54) is 10.4 Å². The highest BCUT2D eigenvalue weighted by atomic mass is 32.1. The van der Waals surface area contributed by atoms with Crippen LogP contribution < -0.4 is 0 Å². The standard InChI is InChI=1S/C12H9NS/c1-9-10(8-13)4-2-5-11(9)12-6-3-7-14-12/h2-7H,1H3. The van der Waals surface area contributed by atoms with E-state index in [1.807, 2.05) is 30.5 Å². The topological polar surface area (TPSA) is 23.8 Å². The van der Waals surface area contributed by atoms with Crippen LogP contribution in [0.15, 0.2) is 35.7 Å². The molecule has 0 aliphatic rings. The van der Waals surface area contributed by atoms with Gasteiger partial charge in [-0.2, -0.15) is 5.26 Å². The van der Waals surface area contributed by atoms with Crippen LogP contribution in [0.2, 0.25) is 0 Å². The number of rotatable bonds is 1. The van der Waals surface area contributed by atoms with Crippen LogP contribution in [0.5, 0.6) is 0 Å². The molecule has 1 heterocycles. The fourth-order valence-electron chi connectivity index (χ4n) is 1.46. The van der Waals surface area contributed by atoms with Crippen molar-refractivity contribution in [3.8, 4) is 16.5 Å². The van der Waals surface area contributed by atoms with Gasteiger partial charge in [0.25, 0.3) is 0 Å². The van der Waals surface area contributed by atoms with Crippen LogP contribution in [0.25, 0.3) is 10.4 Å². The molecule has 2 heteroatoms. The SMILES string of the molecule is Cc1c(C#N)cccc1-c1cccs1. The lowest BCUT2D eigenvalue weighted by Gasteiger charge is -2.03. The predicted molar refractivity (Wildman–Crippen MR) is 59.2 cm³/mol. The van der Waals surface area contributed by atoms with Gasteiger partial charge in [0.2, 0.25) is 0 Å². The molecule has 0 saturated heterocycles. The first-order chi connectivity index (χ1) is 6.83. The van der Waals surface area contributed by atoms with Crippen LogP contribution in [0.1, 0.15) is 11.1 Å². The van der Waals surface area contributed by atoms with Gasteiger partial charge in [-0.3, -0.25) is 0 Å². The van der Waals surface area contributed by atoms with E-state index in [9.17, 15) is 0 Å². The fraction of sp³-hybridized carbons (Fsp3) is 0.0833. The molecule has 2 aromatic rings. The van der Waals surface area contributed by atoms with Crippen molar-refractivity contribution in [2.75, 3.05) is 0 Å². The second-order valence-electron chi connectivity index (χ2n) is 3.07. The van der Waals surface area contributed by atoms with Gasteiger partial charge in [-0.25, -0.2) is 0 Å². The average molecular weight is 199 g/mol. The van der Waals surface area contributed by atoms with Crippen molar-refractivity contribution < 1.29 is 0 Å². The Kier molecular flexibility index (Phi) is 2.34. The zero-order chi connectivity index (χ0) is 9.97. The van der Waals surface area contributed by atoms with Crippen LogP contribution in [0.3, 0.4) is 0 Å². The minimum atomic E-state index is 0.760. The fourth-order valence-corrected chi connectivity index (χ4v) is 2.26. The van der Waals surface area contributed by atoms with Crippen molar-refractivity contribution in [2.45, 2.75) is 6.92 Å². The largest absolute Gasteiger partial charge is 0.192 e. The van der Waals surface area contributed by atoms with Crippen molar-refractivity contribution in [3.05, 3.63) is 46.8 Å². The van der Waals surface area contributed by atoms with Crippen LogP contribution in [-0.2, 0) is 0 Å². The van der Waals surface area contributed by atoms with Crippen LogP contribution in [0, 0.1) is 18.3 Å². The maximum atomic E-state index is 8.89. The summed E-state index contributed by atoms with van der Waals surface area (Å²) in [6.45, 7) is 1.99. The van der Waals surface area contributed by atoms with E-state index < -0.39 is 0 Å². The molecule has 1 aromatic carbocycles. The highest BCUT2D eigenvalue weighted by Crippen LogP contribution is 2.28. The Labute approximate surface area is 87.3 Å². The molecule has 0 spiro atoms. The molecule has 2 rings (SSSR count). The molecule has 0 atom stereocenters. The van der Waals surface area contributed by atoms with Crippen LogP contribution >= 0.6 is 11.3 Å². The van der Waals surface area contributed by atoms with Gasteiger partial charge in [0, 0.05) is 4.88 Å². The lowest BCUT2D eigenvalue weighted by atomic mass is 10.0. The zero-order valence-electron chi connectivity index (χ0n) is 7.82. The summed E-state index contributed by atoms with van der Waals surface area (Å²) in [5.41, 5.74) is 2.99. The van der Waals surface area contributed by atoms with Crippen molar-refractivity contribution >= 4 is 11.3 Å². The number of nitriles is 1. The molecule has 14 heavy (non-hydrogen) atoms. The highest BCUT2D eigenvalue weighted by molar-refractivity contribution is 7.13. The van der Waals surface area contributed by atoms with E-state index >= 15 is 0 Å². The van der Waals surface area contributed by atoms with Crippen molar-refractivity contribution in [1.29, 1.82) is 5.26 Å². The van der Waals surface area contributed by atoms with Gasteiger partial charge in [0.15, 0.2) is 0 Å². The smallest absolute Gasteiger partial charge is 0.0994 e. The molecular weight excluding hydrogens is 190 g/mol. The van der Waals surface area contributed by atoms with Crippen molar-refractivity contribution in [1.82, 2.24) is 0 Å². The molecule has 0 unspecified atom stereocenters. The number of nitrogens with zero attached hydrogens (tertiary/aromatic N) is 1. The Morgan fingerprint density at radius 2 is 2.07 bits per heavy atom. The third-order valence-corrected chi connectivity index (χ3v) is 3.14. The molecule has 0 aliphatic carbocycles. The summed E-state index contributed by atoms with van der Waals surface area (Å²) in [4.78, 5) is 1.22. The molecule has 0 saturated carbocycles. The Morgan fingerprint density at radius 1 is 1.21 bits per heavy atom. The molecule has 0 N–H and O–H groups in total. The van der Waals surface area contributed by atoms with Crippen LogP contribution in [0.4, 0.5) is 0 Å². The van der Waals surface area contributed by atoms with Gasteiger partial charge in [-0.15, -0.1) is 11.3 Å². The summed E-state index contributed by atoms with van der Waals surface area (Å²) in [5.74, 6) is 0. The molecule has 1 nitrogen and oxygen atoms in total. The minimum Gasteiger partial charge on any atom is -0.192 e. The first-order valence-electron chi connectivity index (χ1n) is 4.36. The first kappa shape index (κ1) is 8.98. The van der Waals surface area contributed by atoms with E-state index in [0.29, 0.717) is 0 Å². The highest BCUT2D eigenvalue weighted by Gasteiger charge is 2.05. The van der Waals surface area contributed by atoms with Gasteiger partial charge in [0.1, 0.15) is 0 Å².